The number of sulfonamides is 1. The van der Waals surface area contributed by atoms with Crippen molar-refractivity contribution in [1.82, 2.24) is 4.72 Å². The van der Waals surface area contributed by atoms with Crippen molar-refractivity contribution in [2.45, 2.75) is 37.5 Å². The van der Waals surface area contributed by atoms with E-state index in [1.54, 1.807) is 12.1 Å². The summed E-state index contributed by atoms with van der Waals surface area (Å²) in [6, 6.07) is 12.8. The van der Waals surface area contributed by atoms with Crippen LogP contribution >= 0.6 is 0 Å². The number of benzene rings is 2. The highest BCUT2D eigenvalue weighted by atomic mass is 32.2. The molecule has 0 spiro atoms. The van der Waals surface area contributed by atoms with Gasteiger partial charge >= 0.3 is 0 Å². The van der Waals surface area contributed by atoms with E-state index in [0.717, 1.165) is 23.3 Å². The topological polar surface area (TPSA) is 64.6 Å². The van der Waals surface area contributed by atoms with Crippen molar-refractivity contribution in [3.8, 4) is 11.5 Å². The van der Waals surface area contributed by atoms with E-state index in [4.69, 9.17) is 9.47 Å². The quantitative estimate of drug-likeness (QED) is 0.820. The average Bonchev–Trinajstić information content (AvgIpc) is 3.09. The minimum atomic E-state index is -3.50. The van der Waals surface area contributed by atoms with E-state index in [9.17, 15) is 8.42 Å². The second-order valence-electron chi connectivity index (χ2n) is 6.21. The Kier molecular flexibility index (Phi) is 5.30. The Morgan fingerprint density at radius 2 is 1.80 bits per heavy atom. The van der Waals surface area contributed by atoms with E-state index in [1.165, 1.54) is 0 Å². The van der Waals surface area contributed by atoms with Crippen LogP contribution in [0.1, 0.15) is 37.3 Å². The van der Waals surface area contributed by atoms with Crippen molar-refractivity contribution in [2.75, 3.05) is 13.3 Å². The van der Waals surface area contributed by atoms with Gasteiger partial charge in [-0.15, -0.1) is 0 Å². The van der Waals surface area contributed by atoms with Crippen LogP contribution in [0.15, 0.2) is 47.4 Å². The first-order valence-corrected chi connectivity index (χ1v) is 9.96. The zero-order chi connectivity index (χ0) is 17.9. The molecule has 0 amide bonds. The van der Waals surface area contributed by atoms with Crippen LogP contribution < -0.4 is 14.2 Å². The van der Waals surface area contributed by atoms with Gasteiger partial charge in [0.15, 0.2) is 11.5 Å². The van der Waals surface area contributed by atoms with Crippen LogP contribution in [-0.4, -0.2) is 21.8 Å². The fraction of sp³-hybridized carbons (Fsp3) is 0.368. The Hall–Kier alpha value is -2.05. The lowest BCUT2D eigenvalue weighted by Gasteiger charge is -2.11. The lowest BCUT2D eigenvalue weighted by molar-refractivity contribution is 0.174. The Morgan fingerprint density at radius 1 is 1.08 bits per heavy atom. The van der Waals surface area contributed by atoms with Crippen LogP contribution in [0.25, 0.3) is 0 Å². The highest BCUT2D eigenvalue weighted by molar-refractivity contribution is 7.89. The van der Waals surface area contributed by atoms with Crippen molar-refractivity contribution in [1.29, 1.82) is 0 Å². The smallest absolute Gasteiger partial charge is 0.240 e. The fourth-order valence-corrected chi connectivity index (χ4v) is 3.75. The largest absolute Gasteiger partial charge is 0.454 e. The zero-order valence-electron chi connectivity index (χ0n) is 14.5. The van der Waals surface area contributed by atoms with E-state index in [-0.39, 0.29) is 6.79 Å². The van der Waals surface area contributed by atoms with Gasteiger partial charge in [0.25, 0.3) is 0 Å². The van der Waals surface area contributed by atoms with Crippen LogP contribution in [0.2, 0.25) is 0 Å². The van der Waals surface area contributed by atoms with Crippen LogP contribution in [0.5, 0.6) is 11.5 Å². The van der Waals surface area contributed by atoms with Crippen molar-refractivity contribution in [3.05, 3.63) is 53.6 Å². The summed E-state index contributed by atoms with van der Waals surface area (Å²) in [6.45, 7) is 4.81. The zero-order valence-corrected chi connectivity index (χ0v) is 15.3. The molecule has 0 radical (unpaired) electrons. The van der Waals surface area contributed by atoms with Crippen LogP contribution in [0, 0.1) is 0 Å². The van der Waals surface area contributed by atoms with Gasteiger partial charge in [0.1, 0.15) is 0 Å². The third kappa shape index (κ3) is 4.14. The second-order valence-corrected chi connectivity index (χ2v) is 7.98. The van der Waals surface area contributed by atoms with Gasteiger partial charge in [0.05, 0.1) is 4.90 Å². The van der Waals surface area contributed by atoms with Gasteiger partial charge in [-0.1, -0.05) is 32.0 Å². The molecule has 1 aliphatic rings. The fourth-order valence-electron chi connectivity index (χ4n) is 2.72. The van der Waals surface area contributed by atoms with Crippen LogP contribution in [0.3, 0.4) is 0 Å². The van der Waals surface area contributed by atoms with Gasteiger partial charge in [0, 0.05) is 6.54 Å². The summed E-state index contributed by atoms with van der Waals surface area (Å²) in [4.78, 5) is 0.297. The maximum Gasteiger partial charge on any atom is 0.240 e. The summed E-state index contributed by atoms with van der Waals surface area (Å²) >= 11 is 0. The monoisotopic (exact) mass is 361 g/mol. The van der Waals surface area contributed by atoms with Gasteiger partial charge < -0.3 is 9.47 Å². The molecular weight excluding hydrogens is 338 g/mol. The number of ether oxygens (including phenoxy) is 2. The van der Waals surface area contributed by atoms with Crippen molar-refractivity contribution in [3.63, 3.8) is 0 Å². The number of rotatable bonds is 7. The summed E-state index contributed by atoms with van der Waals surface area (Å²) < 4.78 is 38.1. The van der Waals surface area contributed by atoms with Crippen LogP contribution in [0.4, 0.5) is 0 Å². The van der Waals surface area contributed by atoms with Gasteiger partial charge in [-0.25, -0.2) is 13.1 Å². The van der Waals surface area contributed by atoms with Crippen molar-refractivity contribution < 1.29 is 17.9 Å². The SMILES string of the molecule is CCC(C)c1ccc(S(=O)(=O)NCCc2ccc3c(c2)OCO3)cc1. The molecule has 0 fully saturated rings. The maximum absolute atomic E-state index is 12.4. The molecule has 3 rings (SSSR count). The first-order chi connectivity index (χ1) is 12.0. The van der Waals surface area contributed by atoms with E-state index < -0.39 is 10.0 Å². The Balaban J connectivity index is 1.60. The minimum absolute atomic E-state index is 0.234. The third-order valence-electron chi connectivity index (χ3n) is 4.51. The summed E-state index contributed by atoms with van der Waals surface area (Å²) in [5.41, 5.74) is 2.15. The van der Waals surface area contributed by atoms with E-state index in [1.807, 2.05) is 30.3 Å². The Morgan fingerprint density at radius 3 is 2.52 bits per heavy atom. The molecule has 2 aromatic carbocycles. The first-order valence-electron chi connectivity index (χ1n) is 8.48. The predicted molar refractivity (Wildman–Crippen MR) is 96.6 cm³/mol. The van der Waals surface area contributed by atoms with E-state index >= 15 is 0 Å². The highest BCUT2D eigenvalue weighted by Crippen LogP contribution is 2.32. The standard InChI is InChI=1S/C19H23NO4S/c1-3-14(2)16-5-7-17(8-6-16)25(21,22)20-11-10-15-4-9-18-19(12-15)24-13-23-18/h4-9,12,14,20H,3,10-11,13H2,1-2H3. The van der Waals surface area contributed by atoms with Crippen molar-refractivity contribution >= 4 is 10.0 Å². The molecule has 0 saturated heterocycles. The lowest BCUT2D eigenvalue weighted by atomic mass is 9.99. The molecule has 25 heavy (non-hydrogen) atoms. The first kappa shape index (κ1) is 17.8. The van der Waals surface area contributed by atoms with Gasteiger partial charge in [0.2, 0.25) is 16.8 Å². The molecule has 1 aliphatic heterocycles. The number of hydrogen-bond acceptors (Lipinski definition) is 4. The molecule has 1 heterocycles. The van der Waals surface area contributed by atoms with Crippen LogP contribution in [-0.2, 0) is 16.4 Å². The second kappa shape index (κ2) is 7.45. The molecule has 5 nitrogen and oxygen atoms in total. The molecular formula is C19H23NO4S. The molecule has 0 aliphatic carbocycles. The molecule has 6 heteroatoms. The molecule has 0 saturated carbocycles. The van der Waals surface area contributed by atoms with Gasteiger partial charge in [-0.05, 0) is 54.2 Å². The number of fused-ring (bicyclic) bond motifs is 1. The molecule has 0 aromatic heterocycles. The summed E-state index contributed by atoms with van der Waals surface area (Å²) in [5, 5.41) is 0. The molecule has 2 aromatic rings. The van der Waals surface area contributed by atoms with Gasteiger partial charge in [-0.3, -0.25) is 0 Å². The summed E-state index contributed by atoms with van der Waals surface area (Å²) in [5.74, 6) is 1.86. The molecule has 1 N–H and O–H groups in total. The maximum atomic E-state index is 12.4. The normalized spacial score (nSPS) is 14.5. The molecule has 1 atom stereocenters. The highest BCUT2D eigenvalue weighted by Gasteiger charge is 2.16. The number of hydrogen-bond donors (Lipinski definition) is 1. The van der Waals surface area contributed by atoms with Gasteiger partial charge in [-0.2, -0.15) is 0 Å². The predicted octanol–water partition coefficient (Wildman–Crippen LogP) is 3.45. The molecule has 0 bridgehead atoms. The van der Waals surface area contributed by atoms with Crippen molar-refractivity contribution in [2.24, 2.45) is 0 Å². The third-order valence-corrected chi connectivity index (χ3v) is 5.99. The molecule has 1 unspecified atom stereocenters. The Labute approximate surface area is 149 Å². The lowest BCUT2D eigenvalue weighted by Crippen LogP contribution is -2.26. The molecule has 134 valence electrons. The minimum Gasteiger partial charge on any atom is -0.454 e. The Bertz CT molecular complexity index is 831. The van der Waals surface area contributed by atoms with E-state index in [0.29, 0.717) is 29.5 Å². The number of nitrogens with one attached hydrogen (secondary N) is 1. The average molecular weight is 361 g/mol. The van der Waals surface area contributed by atoms with E-state index in [2.05, 4.69) is 18.6 Å². The summed E-state index contributed by atoms with van der Waals surface area (Å²) in [7, 11) is -3.50. The summed E-state index contributed by atoms with van der Waals surface area (Å²) in [6.07, 6.45) is 1.61.